The maximum absolute atomic E-state index is 9.08. The summed E-state index contributed by atoms with van der Waals surface area (Å²) >= 11 is 0. The van der Waals surface area contributed by atoms with Crippen LogP contribution in [0.3, 0.4) is 0 Å². The zero-order valence-electron chi connectivity index (χ0n) is 6.54. The van der Waals surface area contributed by atoms with Crippen molar-refractivity contribution in [3.8, 4) is 0 Å². The smallest absolute Gasteiger partial charge is 0.150 e. The van der Waals surface area contributed by atoms with Crippen LogP contribution in [0.2, 0.25) is 0 Å². The van der Waals surface area contributed by atoms with Crippen LogP contribution in [0.1, 0.15) is 13.3 Å². The van der Waals surface area contributed by atoms with Gasteiger partial charge in [0.15, 0.2) is 0 Å². The van der Waals surface area contributed by atoms with Crippen LogP contribution in [0.15, 0.2) is 29.2 Å². The molecule has 4 nitrogen and oxygen atoms in total. The Labute approximate surface area is 65.9 Å². The minimum Gasteiger partial charge on any atom is -0.510 e. The van der Waals surface area contributed by atoms with Gasteiger partial charge in [-0.15, -0.1) is 0 Å². The van der Waals surface area contributed by atoms with Crippen LogP contribution >= 0.6 is 0 Å². The molecule has 0 heterocycles. The molecule has 0 unspecified atom stereocenters. The molecular formula is C7H13N3O. The van der Waals surface area contributed by atoms with Gasteiger partial charge in [0.1, 0.15) is 17.3 Å². The van der Waals surface area contributed by atoms with Crippen LogP contribution in [0.25, 0.3) is 0 Å². The molecule has 5 N–H and O–H groups in total. The fraction of sp³-hybridized carbons (Fsp3) is 0.286. The molecule has 0 aliphatic carbocycles. The van der Waals surface area contributed by atoms with Crippen molar-refractivity contribution in [1.82, 2.24) is 0 Å². The second-order valence-electron chi connectivity index (χ2n) is 1.91. The second kappa shape index (κ2) is 4.38. The van der Waals surface area contributed by atoms with Crippen LogP contribution in [-0.2, 0) is 0 Å². The molecule has 0 saturated carbocycles. The molecule has 0 aromatic rings. The van der Waals surface area contributed by atoms with E-state index in [-0.39, 0.29) is 17.3 Å². The first-order chi connectivity index (χ1) is 5.13. The molecule has 4 heteroatoms. The summed E-state index contributed by atoms with van der Waals surface area (Å²) < 4.78 is 0. The van der Waals surface area contributed by atoms with Crippen molar-refractivity contribution in [1.29, 1.82) is 0 Å². The lowest BCUT2D eigenvalue weighted by Crippen LogP contribution is -2.22. The quantitative estimate of drug-likeness (QED) is 0.317. The summed E-state index contributed by atoms with van der Waals surface area (Å²) in [5, 5.41) is 9.08. The van der Waals surface area contributed by atoms with Crippen LogP contribution in [0.5, 0.6) is 0 Å². The van der Waals surface area contributed by atoms with E-state index in [1.54, 1.807) is 6.92 Å². The molecule has 0 aromatic heterocycles. The molecule has 0 aliphatic heterocycles. The molecule has 0 radical (unpaired) electrons. The van der Waals surface area contributed by atoms with E-state index in [0.717, 1.165) is 0 Å². The lowest BCUT2D eigenvalue weighted by atomic mass is 10.3. The molecule has 0 spiro atoms. The topological polar surface area (TPSA) is 84.6 Å². The van der Waals surface area contributed by atoms with Gasteiger partial charge in [-0.1, -0.05) is 13.5 Å². The Bertz CT molecular complexity index is 206. The summed E-state index contributed by atoms with van der Waals surface area (Å²) in [6.45, 7) is 5.11. The summed E-state index contributed by atoms with van der Waals surface area (Å²) in [4.78, 5) is 3.61. The Morgan fingerprint density at radius 2 is 2.18 bits per heavy atom. The third kappa shape index (κ3) is 2.75. The van der Waals surface area contributed by atoms with Crippen molar-refractivity contribution in [2.45, 2.75) is 13.3 Å². The number of hydrogen-bond donors (Lipinski definition) is 3. The highest BCUT2D eigenvalue weighted by Gasteiger charge is 2.01. The van der Waals surface area contributed by atoms with E-state index >= 15 is 0 Å². The number of rotatable bonds is 3. The Balaban J connectivity index is 4.58. The van der Waals surface area contributed by atoms with E-state index < -0.39 is 0 Å². The van der Waals surface area contributed by atoms with Gasteiger partial charge < -0.3 is 16.6 Å². The fourth-order valence-corrected chi connectivity index (χ4v) is 0.506. The second-order valence-corrected chi connectivity index (χ2v) is 1.91. The first kappa shape index (κ1) is 9.55. The number of nitrogens with zero attached hydrogens (tertiary/aromatic N) is 1. The van der Waals surface area contributed by atoms with Gasteiger partial charge in [-0.25, -0.2) is 4.99 Å². The summed E-state index contributed by atoms with van der Waals surface area (Å²) in [7, 11) is 0. The number of amidine groups is 1. The first-order valence-corrected chi connectivity index (χ1v) is 3.25. The molecule has 0 amide bonds. The number of aliphatic imine (C=N–C) groups is 1. The number of allylic oxidation sites excluding steroid dienone is 1. The average molecular weight is 155 g/mol. The Morgan fingerprint density at radius 1 is 1.64 bits per heavy atom. The monoisotopic (exact) mass is 155 g/mol. The van der Waals surface area contributed by atoms with E-state index in [1.165, 1.54) is 6.20 Å². The van der Waals surface area contributed by atoms with Gasteiger partial charge in [0.05, 0.1) is 0 Å². The molecule has 11 heavy (non-hydrogen) atoms. The van der Waals surface area contributed by atoms with Gasteiger partial charge in [0, 0.05) is 12.6 Å². The number of nitrogens with two attached hydrogens (primary N) is 2. The molecule has 0 aromatic carbocycles. The van der Waals surface area contributed by atoms with Gasteiger partial charge in [0.25, 0.3) is 0 Å². The van der Waals surface area contributed by atoms with E-state index in [2.05, 4.69) is 11.6 Å². The zero-order valence-corrected chi connectivity index (χ0v) is 6.54. The van der Waals surface area contributed by atoms with Crippen molar-refractivity contribution in [3.63, 3.8) is 0 Å². The third-order valence-corrected chi connectivity index (χ3v) is 1.15. The highest BCUT2D eigenvalue weighted by Crippen LogP contribution is 1.98. The molecule has 0 bridgehead atoms. The molecule has 0 fully saturated rings. The molecule has 0 saturated heterocycles. The largest absolute Gasteiger partial charge is 0.510 e. The van der Waals surface area contributed by atoms with Crippen molar-refractivity contribution >= 4 is 5.84 Å². The van der Waals surface area contributed by atoms with E-state index in [1.807, 2.05) is 0 Å². The maximum atomic E-state index is 9.08. The minimum absolute atomic E-state index is 0.0492. The molecule has 62 valence electrons. The molecular weight excluding hydrogens is 142 g/mol. The highest BCUT2D eigenvalue weighted by atomic mass is 16.3. The number of hydrogen-bond acceptors (Lipinski definition) is 3. The van der Waals surface area contributed by atoms with Crippen molar-refractivity contribution in [2.24, 2.45) is 16.5 Å². The van der Waals surface area contributed by atoms with Crippen LogP contribution < -0.4 is 11.5 Å². The van der Waals surface area contributed by atoms with Gasteiger partial charge in [-0.3, -0.25) is 0 Å². The lowest BCUT2D eigenvalue weighted by Gasteiger charge is -2.01. The first-order valence-electron chi connectivity index (χ1n) is 3.25. The van der Waals surface area contributed by atoms with Crippen LogP contribution in [0.4, 0.5) is 0 Å². The summed E-state index contributed by atoms with van der Waals surface area (Å²) in [5.41, 5.74) is 10.8. The van der Waals surface area contributed by atoms with Gasteiger partial charge in [0.2, 0.25) is 0 Å². The standard InChI is InChI=1S/C7H13N3O/c1-3-5(11)6(8)7(9)10-4-2/h4,11H,2-3,8H2,1H3,(H2,9,10). The van der Waals surface area contributed by atoms with Gasteiger partial charge in [-0.05, 0) is 0 Å². The van der Waals surface area contributed by atoms with E-state index in [0.29, 0.717) is 6.42 Å². The Kier molecular flexibility index (Phi) is 3.80. The third-order valence-electron chi connectivity index (χ3n) is 1.15. The predicted octanol–water partition coefficient (Wildman–Crippen LogP) is 0.625. The Hall–Kier alpha value is -1.45. The maximum Gasteiger partial charge on any atom is 0.150 e. The summed E-state index contributed by atoms with van der Waals surface area (Å²) in [6.07, 6.45) is 1.71. The number of aliphatic hydroxyl groups excluding tert-OH is 1. The molecule has 0 atom stereocenters. The minimum atomic E-state index is 0.0492. The van der Waals surface area contributed by atoms with Crippen molar-refractivity contribution in [2.75, 3.05) is 0 Å². The predicted molar refractivity (Wildman–Crippen MR) is 46.0 cm³/mol. The highest BCUT2D eigenvalue weighted by molar-refractivity contribution is 5.96. The summed E-state index contributed by atoms with van der Waals surface area (Å²) in [5.74, 6) is 0.146. The SMILES string of the molecule is C=CN=C(N)C(N)=C(O)CC. The molecule has 0 rings (SSSR count). The normalized spacial score (nSPS) is 14.1. The lowest BCUT2D eigenvalue weighted by molar-refractivity contribution is 0.389. The van der Waals surface area contributed by atoms with Crippen LogP contribution in [-0.4, -0.2) is 10.9 Å². The van der Waals surface area contributed by atoms with E-state index in [4.69, 9.17) is 16.6 Å². The van der Waals surface area contributed by atoms with Crippen molar-refractivity contribution < 1.29 is 5.11 Å². The van der Waals surface area contributed by atoms with Gasteiger partial charge in [-0.2, -0.15) is 0 Å². The average Bonchev–Trinajstić information content (AvgIpc) is 2.02. The number of aliphatic hydroxyl groups is 1. The zero-order chi connectivity index (χ0) is 8.85. The van der Waals surface area contributed by atoms with Crippen molar-refractivity contribution in [3.05, 3.63) is 24.2 Å². The van der Waals surface area contributed by atoms with Crippen LogP contribution in [0, 0.1) is 0 Å². The fourth-order valence-electron chi connectivity index (χ4n) is 0.506. The summed E-state index contributed by atoms with van der Waals surface area (Å²) in [6, 6.07) is 0. The van der Waals surface area contributed by atoms with Gasteiger partial charge >= 0.3 is 0 Å². The molecule has 0 aliphatic rings. The Morgan fingerprint density at radius 3 is 2.55 bits per heavy atom. The van der Waals surface area contributed by atoms with E-state index in [9.17, 15) is 0 Å².